The van der Waals surface area contributed by atoms with Crippen LogP contribution in [-0.2, 0) is 4.79 Å². The highest BCUT2D eigenvalue weighted by atomic mass is 16.1. The molecule has 0 amide bonds. The fourth-order valence-corrected chi connectivity index (χ4v) is 1.15. The first-order valence-corrected chi connectivity index (χ1v) is 3.53. The van der Waals surface area contributed by atoms with Crippen LogP contribution in [0, 0.1) is 5.41 Å². The molecule has 0 heterocycles. The van der Waals surface area contributed by atoms with Gasteiger partial charge in [-0.3, -0.25) is 4.79 Å². The summed E-state index contributed by atoms with van der Waals surface area (Å²) in [6.07, 6.45) is 3.39. The second-order valence-corrected chi connectivity index (χ2v) is 3.51. The summed E-state index contributed by atoms with van der Waals surface area (Å²) < 4.78 is 0. The lowest BCUT2D eigenvalue weighted by molar-refractivity contribution is -0.116. The molecule has 1 aliphatic rings. The summed E-state index contributed by atoms with van der Waals surface area (Å²) >= 11 is 0. The molecule has 0 saturated carbocycles. The Kier molecular flexibility index (Phi) is 1.55. The molecule has 0 saturated heterocycles. The van der Waals surface area contributed by atoms with Crippen LogP contribution in [0.15, 0.2) is 11.8 Å². The summed E-state index contributed by atoms with van der Waals surface area (Å²) in [7, 11) is 0. The van der Waals surface area contributed by atoms with Crippen molar-refractivity contribution in [1.82, 2.24) is 0 Å². The Morgan fingerprint density at radius 3 is 2.60 bits per heavy atom. The van der Waals surface area contributed by atoms with Crippen LogP contribution in [0.2, 0.25) is 0 Å². The van der Waals surface area contributed by atoms with Crippen LogP contribution in [0.1, 0.15) is 26.7 Å². The average molecular weight is 139 g/mol. The van der Waals surface area contributed by atoms with E-state index in [0.29, 0.717) is 12.1 Å². The van der Waals surface area contributed by atoms with Crippen molar-refractivity contribution in [2.75, 3.05) is 0 Å². The van der Waals surface area contributed by atoms with Crippen molar-refractivity contribution in [1.29, 1.82) is 0 Å². The molecule has 2 nitrogen and oxygen atoms in total. The molecular weight excluding hydrogens is 126 g/mol. The predicted octanol–water partition coefficient (Wildman–Crippen LogP) is 1.22. The summed E-state index contributed by atoms with van der Waals surface area (Å²) in [4.78, 5) is 10.9. The van der Waals surface area contributed by atoms with E-state index in [1.54, 1.807) is 0 Å². The first kappa shape index (κ1) is 7.32. The van der Waals surface area contributed by atoms with Gasteiger partial charge < -0.3 is 5.73 Å². The minimum absolute atomic E-state index is 0.0966. The molecule has 0 aromatic heterocycles. The van der Waals surface area contributed by atoms with Crippen LogP contribution < -0.4 is 5.73 Å². The van der Waals surface area contributed by atoms with Crippen molar-refractivity contribution in [3.63, 3.8) is 0 Å². The Bertz CT molecular complexity index is 191. The SMILES string of the molecule is CC1(C)C=C(N)C(=O)CC1. The molecule has 1 rings (SSSR count). The van der Waals surface area contributed by atoms with E-state index in [0.717, 1.165) is 6.42 Å². The number of hydrogen-bond donors (Lipinski definition) is 1. The van der Waals surface area contributed by atoms with Gasteiger partial charge in [-0.2, -0.15) is 0 Å². The third kappa shape index (κ3) is 1.38. The number of rotatable bonds is 0. The van der Waals surface area contributed by atoms with E-state index >= 15 is 0 Å². The Morgan fingerprint density at radius 2 is 2.20 bits per heavy atom. The van der Waals surface area contributed by atoms with Gasteiger partial charge in [0, 0.05) is 6.42 Å². The molecule has 0 atom stereocenters. The molecule has 0 unspecified atom stereocenters. The van der Waals surface area contributed by atoms with E-state index in [4.69, 9.17) is 5.73 Å². The number of allylic oxidation sites excluding steroid dienone is 2. The lowest BCUT2D eigenvalue weighted by Crippen LogP contribution is -2.23. The summed E-state index contributed by atoms with van der Waals surface area (Å²) in [5.41, 5.74) is 6.03. The zero-order chi connectivity index (χ0) is 7.78. The lowest BCUT2D eigenvalue weighted by Gasteiger charge is -2.24. The van der Waals surface area contributed by atoms with Gasteiger partial charge >= 0.3 is 0 Å². The smallest absolute Gasteiger partial charge is 0.178 e. The number of carbonyl (C=O) groups is 1. The van der Waals surface area contributed by atoms with E-state index in [9.17, 15) is 4.79 Å². The third-order valence-corrected chi connectivity index (χ3v) is 1.86. The topological polar surface area (TPSA) is 43.1 Å². The fraction of sp³-hybridized carbons (Fsp3) is 0.625. The molecule has 0 radical (unpaired) electrons. The first-order chi connectivity index (χ1) is 4.51. The molecule has 0 aliphatic heterocycles. The summed E-state index contributed by atoms with van der Waals surface area (Å²) in [5.74, 6) is 0.0966. The van der Waals surface area contributed by atoms with Crippen LogP contribution in [0.3, 0.4) is 0 Å². The van der Waals surface area contributed by atoms with Crippen molar-refractivity contribution >= 4 is 5.78 Å². The number of nitrogens with two attached hydrogens (primary N) is 1. The van der Waals surface area contributed by atoms with E-state index < -0.39 is 0 Å². The number of ketones is 1. The van der Waals surface area contributed by atoms with Crippen LogP contribution >= 0.6 is 0 Å². The Balaban J connectivity index is 2.86. The second kappa shape index (κ2) is 2.11. The Hall–Kier alpha value is -0.790. The average Bonchev–Trinajstić information content (AvgIpc) is 1.79. The van der Waals surface area contributed by atoms with Crippen molar-refractivity contribution in [3.8, 4) is 0 Å². The molecule has 56 valence electrons. The quantitative estimate of drug-likeness (QED) is 0.548. The highest BCUT2D eigenvalue weighted by Gasteiger charge is 2.23. The van der Waals surface area contributed by atoms with Gasteiger partial charge in [-0.1, -0.05) is 19.9 Å². The van der Waals surface area contributed by atoms with E-state index in [2.05, 4.69) is 13.8 Å². The molecule has 0 aromatic carbocycles. The van der Waals surface area contributed by atoms with Gasteiger partial charge in [-0.25, -0.2) is 0 Å². The van der Waals surface area contributed by atoms with Crippen molar-refractivity contribution < 1.29 is 4.79 Å². The van der Waals surface area contributed by atoms with E-state index in [1.807, 2.05) is 6.08 Å². The molecule has 10 heavy (non-hydrogen) atoms. The van der Waals surface area contributed by atoms with Crippen molar-refractivity contribution in [3.05, 3.63) is 11.8 Å². The minimum Gasteiger partial charge on any atom is -0.396 e. The maximum absolute atomic E-state index is 10.9. The highest BCUT2D eigenvalue weighted by Crippen LogP contribution is 2.29. The van der Waals surface area contributed by atoms with Crippen LogP contribution in [0.5, 0.6) is 0 Å². The summed E-state index contributed by atoms with van der Waals surface area (Å²) in [6, 6.07) is 0. The van der Waals surface area contributed by atoms with Crippen molar-refractivity contribution in [2.24, 2.45) is 11.1 Å². The molecule has 0 spiro atoms. The lowest BCUT2D eigenvalue weighted by atomic mass is 9.81. The molecule has 2 heteroatoms. The molecular formula is C8H13NO. The van der Waals surface area contributed by atoms with Gasteiger partial charge in [0.15, 0.2) is 5.78 Å². The Labute approximate surface area is 61.1 Å². The number of hydrogen-bond acceptors (Lipinski definition) is 2. The van der Waals surface area contributed by atoms with Gasteiger partial charge in [-0.05, 0) is 11.8 Å². The fourth-order valence-electron chi connectivity index (χ4n) is 1.15. The standard InChI is InChI=1S/C8H13NO/c1-8(2)4-3-7(10)6(9)5-8/h5H,3-4,9H2,1-2H3. The zero-order valence-electron chi connectivity index (χ0n) is 6.48. The second-order valence-electron chi connectivity index (χ2n) is 3.51. The Morgan fingerprint density at radius 1 is 1.60 bits per heavy atom. The van der Waals surface area contributed by atoms with Gasteiger partial charge in [0.05, 0.1) is 5.70 Å². The van der Waals surface area contributed by atoms with Gasteiger partial charge in [0.2, 0.25) is 0 Å². The molecule has 1 aliphatic carbocycles. The number of carbonyl (C=O) groups excluding carboxylic acids is 1. The third-order valence-electron chi connectivity index (χ3n) is 1.86. The summed E-state index contributed by atoms with van der Waals surface area (Å²) in [6.45, 7) is 4.18. The van der Waals surface area contributed by atoms with E-state index in [-0.39, 0.29) is 11.2 Å². The highest BCUT2D eigenvalue weighted by molar-refractivity contribution is 5.95. The van der Waals surface area contributed by atoms with Crippen molar-refractivity contribution in [2.45, 2.75) is 26.7 Å². The molecule has 0 bridgehead atoms. The number of Topliss-reactive ketones (excluding diaryl/α,β-unsaturated/α-hetero) is 1. The van der Waals surface area contributed by atoms with Crippen LogP contribution in [-0.4, -0.2) is 5.78 Å². The van der Waals surface area contributed by atoms with Gasteiger partial charge in [0.25, 0.3) is 0 Å². The van der Waals surface area contributed by atoms with Crippen LogP contribution in [0.25, 0.3) is 0 Å². The summed E-state index contributed by atoms with van der Waals surface area (Å²) in [5, 5.41) is 0. The largest absolute Gasteiger partial charge is 0.396 e. The predicted molar refractivity (Wildman–Crippen MR) is 40.3 cm³/mol. The maximum Gasteiger partial charge on any atom is 0.178 e. The zero-order valence-corrected chi connectivity index (χ0v) is 6.48. The van der Waals surface area contributed by atoms with Crippen LogP contribution in [0.4, 0.5) is 0 Å². The van der Waals surface area contributed by atoms with E-state index in [1.165, 1.54) is 0 Å². The molecule has 0 aromatic rings. The monoisotopic (exact) mass is 139 g/mol. The molecule has 0 fully saturated rings. The molecule has 2 N–H and O–H groups in total. The van der Waals surface area contributed by atoms with Gasteiger partial charge in [0.1, 0.15) is 0 Å². The first-order valence-electron chi connectivity index (χ1n) is 3.53. The van der Waals surface area contributed by atoms with Gasteiger partial charge in [-0.15, -0.1) is 0 Å². The normalized spacial score (nSPS) is 24.2. The minimum atomic E-state index is 0.0966. The maximum atomic E-state index is 10.9.